The molecular weight excluding hydrogens is 220 g/mol. The summed E-state index contributed by atoms with van der Waals surface area (Å²) in [5.41, 5.74) is 5.92. The molecule has 0 aromatic rings. The fourth-order valence-corrected chi connectivity index (χ4v) is 2.52. The van der Waals surface area contributed by atoms with Gasteiger partial charge in [-0.25, -0.2) is 0 Å². The van der Waals surface area contributed by atoms with Crippen molar-refractivity contribution in [2.75, 3.05) is 26.4 Å². The van der Waals surface area contributed by atoms with Gasteiger partial charge in [-0.05, 0) is 25.2 Å². The van der Waals surface area contributed by atoms with Crippen molar-refractivity contribution >= 4 is 5.91 Å². The summed E-state index contributed by atoms with van der Waals surface area (Å²) in [5, 5.41) is 2.94. The number of carbonyl (C=O) groups excluding carboxylic acids is 1. The van der Waals surface area contributed by atoms with E-state index in [9.17, 15) is 4.79 Å². The second-order valence-electron chi connectivity index (χ2n) is 4.97. The molecule has 5 nitrogen and oxygen atoms in total. The van der Waals surface area contributed by atoms with Gasteiger partial charge in [0.15, 0.2) is 6.10 Å². The average molecular weight is 242 g/mol. The van der Waals surface area contributed by atoms with Gasteiger partial charge < -0.3 is 20.5 Å². The van der Waals surface area contributed by atoms with Crippen LogP contribution in [0.25, 0.3) is 0 Å². The summed E-state index contributed by atoms with van der Waals surface area (Å²) in [7, 11) is 0. The molecule has 1 heterocycles. The quantitative estimate of drug-likeness (QED) is 0.732. The smallest absolute Gasteiger partial charge is 0.251 e. The van der Waals surface area contributed by atoms with Crippen LogP contribution in [-0.2, 0) is 14.3 Å². The third-order valence-corrected chi connectivity index (χ3v) is 3.50. The maximum Gasteiger partial charge on any atom is 0.251 e. The Balaban J connectivity index is 1.68. The minimum atomic E-state index is -0.430. The first-order valence-corrected chi connectivity index (χ1v) is 6.48. The Labute approximate surface area is 102 Å². The third kappa shape index (κ3) is 3.94. The van der Waals surface area contributed by atoms with Crippen molar-refractivity contribution in [2.45, 2.75) is 37.8 Å². The van der Waals surface area contributed by atoms with Crippen molar-refractivity contribution in [2.24, 2.45) is 11.7 Å². The zero-order valence-corrected chi connectivity index (χ0v) is 10.2. The summed E-state index contributed by atoms with van der Waals surface area (Å²) in [6, 6.07) is 0.305. The maximum absolute atomic E-state index is 11.8. The SMILES string of the molecule is NC1CCCC(CNC(=O)C2COCCO2)C1. The molecule has 0 spiro atoms. The van der Waals surface area contributed by atoms with Crippen LogP contribution in [0.5, 0.6) is 0 Å². The highest BCUT2D eigenvalue weighted by atomic mass is 16.6. The highest BCUT2D eigenvalue weighted by Crippen LogP contribution is 2.22. The number of hydrogen-bond donors (Lipinski definition) is 2. The van der Waals surface area contributed by atoms with E-state index >= 15 is 0 Å². The monoisotopic (exact) mass is 242 g/mol. The zero-order chi connectivity index (χ0) is 12.1. The van der Waals surface area contributed by atoms with E-state index in [2.05, 4.69) is 5.32 Å². The van der Waals surface area contributed by atoms with E-state index in [-0.39, 0.29) is 5.91 Å². The lowest BCUT2D eigenvalue weighted by atomic mass is 9.86. The van der Waals surface area contributed by atoms with Gasteiger partial charge in [-0.1, -0.05) is 6.42 Å². The summed E-state index contributed by atoms with van der Waals surface area (Å²) >= 11 is 0. The van der Waals surface area contributed by atoms with Gasteiger partial charge in [0.05, 0.1) is 19.8 Å². The van der Waals surface area contributed by atoms with Crippen molar-refractivity contribution in [1.82, 2.24) is 5.32 Å². The Bertz CT molecular complexity index is 254. The van der Waals surface area contributed by atoms with Gasteiger partial charge in [-0.3, -0.25) is 4.79 Å². The molecule has 2 fully saturated rings. The lowest BCUT2D eigenvalue weighted by Gasteiger charge is -2.28. The van der Waals surface area contributed by atoms with Crippen molar-refractivity contribution in [3.05, 3.63) is 0 Å². The molecule has 1 saturated carbocycles. The molecule has 5 heteroatoms. The van der Waals surface area contributed by atoms with Crippen LogP contribution >= 0.6 is 0 Å². The Kier molecular flexibility index (Phi) is 4.76. The second kappa shape index (κ2) is 6.33. The van der Waals surface area contributed by atoms with Gasteiger partial charge in [-0.2, -0.15) is 0 Å². The molecule has 3 unspecified atom stereocenters. The summed E-state index contributed by atoms with van der Waals surface area (Å²) in [5.74, 6) is 0.469. The fourth-order valence-electron chi connectivity index (χ4n) is 2.52. The fraction of sp³-hybridized carbons (Fsp3) is 0.917. The zero-order valence-electron chi connectivity index (χ0n) is 10.2. The van der Waals surface area contributed by atoms with Gasteiger partial charge in [-0.15, -0.1) is 0 Å². The first kappa shape index (κ1) is 12.8. The largest absolute Gasteiger partial charge is 0.376 e. The topological polar surface area (TPSA) is 73.6 Å². The number of nitrogens with two attached hydrogens (primary N) is 1. The second-order valence-corrected chi connectivity index (χ2v) is 4.97. The molecule has 1 aliphatic heterocycles. The molecule has 0 bridgehead atoms. The summed E-state index contributed by atoms with van der Waals surface area (Å²) in [6.07, 6.45) is 4.04. The number of hydrogen-bond acceptors (Lipinski definition) is 4. The highest BCUT2D eigenvalue weighted by Gasteiger charge is 2.24. The minimum absolute atomic E-state index is 0.0520. The van der Waals surface area contributed by atoms with Crippen LogP contribution in [0.3, 0.4) is 0 Å². The molecule has 0 radical (unpaired) electrons. The molecular formula is C12H22N2O3. The van der Waals surface area contributed by atoms with Crippen molar-refractivity contribution < 1.29 is 14.3 Å². The van der Waals surface area contributed by atoms with E-state index in [4.69, 9.17) is 15.2 Å². The molecule has 98 valence electrons. The van der Waals surface area contributed by atoms with Crippen LogP contribution in [0.15, 0.2) is 0 Å². The number of amides is 1. The molecule has 0 aromatic heterocycles. The molecule has 0 aromatic carbocycles. The maximum atomic E-state index is 11.8. The Morgan fingerprint density at radius 1 is 1.35 bits per heavy atom. The summed E-state index contributed by atoms with van der Waals surface area (Å²) in [6.45, 7) is 2.18. The normalized spacial score (nSPS) is 34.3. The molecule has 3 atom stereocenters. The van der Waals surface area contributed by atoms with Gasteiger partial charge >= 0.3 is 0 Å². The predicted octanol–water partition coefficient (Wildman–Crippen LogP) is 0.0355. The van der Waals surface area contributed by atoms with Gasteiger partial charge in [0.2, 0.25) is 0 Å². The number of nitrogens with one attached hydrogen (secondary N) is 1. The Morgan fingerprint density at radius 2 is 2.24 bits per heavy atom. The molecule has 1 amide bonds. The standard InChI is InChI=1S/C12H22N2O3/c13-10-3-1-2-9(6-10)7-14-12(15)11-8-16-4-5-17-11/h9-11H,1-8,13H2,(H,14,15). The molecule has 2 aliphatic rings. The van der Waals surface area contributed by atoms with E-state index in [1.807, 2.05) is 0 Å². The van der Waals surface area contributed by atoms with Crippen LogP contribution in [0.4, 0.5) is 0 Å². The highest BCUT2D eigenvalue weighted by molar-refractivity contribution is 5.80. The van der Waals surface area contributed by atoms with Crippen LogP contribution in [0.2, 0.25) is 0 Å². The summed E-state index contributed by atoms with van der Waals surface area (Å²) < 4.78 is 10.5. The minimum Gasteiger partial charge on any atom is -0.376 e. The Hall–Kier alpha value is -0.650. The van der Waals surface area contributed by atoms with Crippen molar-refractivity contribution in [3.63, 3.8) is 0 Å². The molecule has 17 heavy (non-hydrogen) atoms. The molecule has 1 aliphatic carbocycles. The van der Waals surface area contributed by atoms with Crippen LogP contribution in [-0.4, -0.2) is 44.4 Å². The Morgan fingerprint density at radius 3 is 2.94 bits per heavy atom. The van der Waals surface area contributed by atoms with Crippen molar-refractivity contribution in [1.29, 1.82) is 0 Å². The van der Waals surface area contributed by atoms with Gasteiger partial charge in [0.1, 0.15) is 0 Å². The van der Waals surface area contributed by atoms with E-state index in [1.165, 1.54) is 6.42 Å². The molecule has 3 N–H and O–H groups in total. The third-order valence-electron chi connectivity index (χ3n) is 3.50. The van der Waals surface area contributed by atoms with Gasteiger partial charge in [0, 0.05) is 12.6 Å². The van der Waals surface area contributed by atoms with Crippen LogP contribution < -0.4 is 11.1 Å². The van der Waals surface area contributed by atoms with E-state index in [0.717, 1.165) is 19.3 Å². The predicted molar refractivity (Wildman–Crippen MR) is 63.5 cm³/mol. The molecule has 2 rings (SSSR count). The first-order chi connectivity index (χ1) is 8.25. The van der Waals surface area contributed by atoms with Crippen molar-refractivity contribution in [3.8, 4) is 0 Å². The van der Waals surface area contributed by atoms with Crippen LogP contribution in [0, 0.1) is 5.92 Å². The van der Waals surface area contributed by atoms with E-state index in [0.29, 0.717) is 38.3 Å². The number of ether oxygens (including phenoxy) is 2. The number of rotatable bonds is 3. The molecule has 1 saturated heterocycles. The average Bonchev–Trinajstić information content (AvgIpc) is 2.37. The van der Waals surface area contributed by atoms with E-state index in [1.54, 1.807) is 0 Å². The van der Waals surface area contributed by atoms with E-state index < -0.39 is 6.10 Å². The summed E-state index contributed by atoms with van der Waals surface area (Å²) in [4.78, 5) is 11.8. The first-order valence-electron chi connectivity index (χ1n) is 6.48. The van der Waals surface area contributed by atoms with Crippen LogP contribution in [0.1, 0.15) is 25.7 Å². The lowest BCUT2D eigenvalue weighted by Crippen LogP contribution is -2.45. The lowest BCUT2D eigenvalue weighted by molar-refractivity contribution is -0.147. The van der Waals surface area contributed by atoms with Gasteiger partial charge in [0.25, 0.3) is 5.91 Å². The number of carbonyl (C=O) groups is 1.